The Balaban J connectivity index is 1.82. The van der Waals surface area contributed by atoms with E-state index in [2.05, 4.69) is 55.4 Å². The molecule has 0 unspecified atom stereocenters. The molecule has 1 aromatic rings. The van der Waals surface area contributed by atoms with Gasteiger partial charge in [-0.25, -0.2) is 0 Å². The van der Waals surface area contributed by atoms with Crippen LogP contribution in [0, 0.1) is 11.3 Å². The lowest BCUT2D eigenvalue weighted by atomic mass is 9.71. The van der Waals surface area contributed by atoms with Crippen LogP contribution in [-0.4, -0.2) is 10.7 Å². The first-order chi connectivity index (χ1) is 7.55. The third kappa shape index (κ3) is 2.81. The second-order valence-electron chi connectivity index (χ2n) is 6.13. The van der Waals surface area contributed by atoms with Crippen molar-refractivity contribution in [3.05, 3.63) is 24.5 Å². The van der Waals surface area contributed by atoms with Gasteiger partial charge in [0.2, 0.25) is 0 Å². The molecule has 16 heavy (non-hydrogen) atoms. The number of hydrogen-bond acceptors (Lipinski definition) is 1. The van der Waals surface area contributed by atoms with Gasteiger partial charge in [0.15, 0.2) is 0 Å². The first kappa shape index (κ1) is 11.6. The molecule has 1 N–H and O–H groups in total. The molecule has 0 spiro atoms. The molecular formula is C14H24N2. The van der Waals surface area contributed by atoms with E-state index in [1.54, 1.807) is 0 Å². The molecule has 0 atom stereocenters. The van der Waals surface area contributed by atoms with E-state index in [-0.39, 0.29) is 0 Å². The van der Waals surface area contributed by atoms with Crippen molar-refractivity contribution in [2.75, 3.05) is 5.43 Å². The maximum absolute atomic E-state index is 3.55. The van der Waals surface area contributed by atoms with Gasteiger partial charge in [-0.1, -0.05) is 20.8 Å². The predicted octanol–water partition coefficient (Wildman–Crippen LogP) is 3.64. The second kappa shape index (κ2) is 4.52. The predicted molar refractivity (Wildman–Crippen MR) is 69.0 cm³/mol. The molecule has 0 aliphatic heterocycles. The van der Waals surface area contributed by atoms with E-state index >= 15 is 0 Å². The van der Waals surface area contributed by atoms with Crippen molar-refractivity contribution in [1.82, 2.24) is 4.68 Å². The lowest BCUT2D eigenvalue weighted by Gasteiger charge is -2.37. The highest BCUT2D eigenvalue weighted by molar-refractivity contribution is 4.97. The van der Waals surface area contributed by atoms with Gasteiger partial charge in [0, 0.05) is 18.4 Å². The van der Waals surface area contributed by atoms with Gasteiger partial charge in [0.05, 0.1) is 0 Å². The summed E-state index contributed by atoms with van der Waals surface area (Å²) < 4.78 is 2.09. The summed E-state index contributed by atoms with van der Waals surface area (Å²) in [6, 6.07) is 4.78. The van der Waals surface area contributed by atoms with E-state index in [0.717, 1.165) is 5.92 Å². The molecule has 0 bridgehead atoms. The summed E-state index contributed by atoms with van der Waals surface area (Å²) in [4.78, 5) is 0. The van der Waals surface area contributed by atoms with Crippen LogP contribution in [-0.2, 0) is 0 Å². The van der Waals surface area contributed by atoms with Crippen LogP contribution in [0.25, 0.3) is 0 Å². The SMILES string of the molecule is CC(C)(C)C1CCC(Nn2cccc2)CC1. The average Bonchev–Trinajstić information content (AvgIpc) is 2.70. The average molecular weight is 220 g/mol. The number of hydrogen-bond donors (Lipinski definition) is 1. The first-order valence-corrected chi connectivity index (χ1v) is 6.45. The molecule has 1 saturated carbocycles. The fourth-order valence-corrected chi connectivity index (χ4v) is 2.72. The Labute approximate surface area is 99.0 Å². The summed E-state index contributed by atoms with van der Waals surface area (Å²) in [5, 5.41) is 0. The van der Waals surface area contributed by atoms with Crippen molar-refractivity contribution in [3.63, 3.8) is 0 Å². The molecule has 0 aromatic carbocycles. The molecule has 1 aliphatic carbocycles. The van der Waals surface area contributed by atoms with Gasteiger partial charge < -0.3 is 5.43 Å². The molecule has 0 saturated heterocycles. The maximum Gasteiger partial charge on any atom is 0.0424 e. The molecule has 2 nitrogen and oxygen atoms in total. The van der Waals surface area contributed by atoms with Crippen LogP contribution in [0.5, 0.6) is 0 Å². The Kier molecular flexibility index (Phi) is 3.27. The minimum Gasteiger partial charge on any atom is -0.323 e. The van der Waals surface area contributed by atoms with Gasteiger partial charge in [0.25, 0.3) is 0 Å². The Morgan fingerprint density at radius 3 is 2.06 bits per heavy atom. The minimum atomic E-state index is 0.485. The van der Waals surface area contributed by atoms with Gasteiger partial charge in [-0.15, -0.1) is 0 Å². The Morgan fingerprint density at radius 1 is 1.00 bits per heavy atom. The molecular weight excluding hydrogens is 196 g/mol. The summed E-state index contributed by atoms with van der Waals surface area (Å²) in [7, 11) is 0. The summed E-state index contributed by atoms with van der Waals surface area (Å²) in [6.07, 6.45) is 9.50. The fraction of sp³-hybridized carbons (Fsp3) is 0.714. The van der Waals surface area contributed by atoms with E-state index in [4.69, 9.17) is 0 Å². The number of rotatable bonds is 2. The van der Waals surface area contributed by atoms with Crippen molar-refractivity contribution < 1.29 is 0 Å². The summed E-state index contributed by atoms with van der Waals surface area (Å²) >= 11 is 0. The zero-order valence-corrected chi connectivity index (χ0v) is 10.7. The standard InChI is InChI=1S/C14H24N2/c1-14(2,3)12-6-8-13(9-7-12)15-16-10-4-5-11-16/h4-5,10-13,15H,6-9H2,1-3H3. The highest BCUT2D eigenvalue weighted by atomic mass is 15.4. The monoisotopic (exact) mass is 220 g/mol. The summed E-state index contributed by atoms with van der Waals surface area (Å²) in [5.41, 5.74) is 4.03. The van der Waals surface area contributed by atoms with Crippen molar-refractivity contribution in [2.45, 2.75) is 52.5 Å². The van der Waals surface area contributed by atoms with Crippen LogP contribution in [0.4, 0.5) is 0 Å². The minimum absolute atomic E-state index is 0.485. The van der Waals surface area contributed by atoms with Crippen molar-refractivity contribution in [1.29, 1.82) is 0 Å². The van der Waals surface area contributed by atoms with Crippen LogP contribution in [0.3, 0.4) is 0 Å². The largest absolute Gasteiger partial charge is 0.323 e. The number of nitrogens with one attached hydrogen (secondary N) is 1. The Hall–Kier alpha value is -0.920. The van der Waals surface area contributed by atoms with E-state index in [1.165, 1.54) is 25.7 Å². The zero-order chi connectivity index (χ0) is 11.6. The van der Waals surface area contributed by atoms with Crippen LogP contribution in [0.15, 0.2) is 24.5 Å². The van der Waals surface area contributed by atoms with Crippen molar-refractivity contribution in [3.8, 4) is 0 Å². The molecule has 1 aromatic heterocycles. The van der Waals surface area contributed by atoms with Gasteiger partial charge in [-0.3, -0.25) is 4.68 Å². The smallest absolute Gasteiger partial charge is 0.0424 e. The molecule has 1 aliphatic rings. The third-order valence-electron chi connectivity index (χ3n) is 3.89. The van der Waals surface area contributed by atoms with Crippen LogP contribution in [0.1, 0.15) is 46.5 Å². The Morgan fingerprint density at radius 2 is 1.56 bits per heavy atom. The highest BCUT2D eigenvalue weighted by Gasteiger charge is 2.29. The molecule has 2 rings (SSSR count). The molecule has 0 amide bonds. The first-order valence-electron chi connectivity index (χ1n) is 6.45. The third-order valence-corrected chi connectivity index (χ3v) is 3.89. The lowest BCUT2D eigenvalue weighted by molar-refractivity contribution is 0.171. The van der Waals surface area contributed by atoms with Gasteiger partial charge >= 0.3 is 0 Å². The fourth-order valence-electron chi connectivity index (χ4n) is 2.72. The molecule has 1 fully saturated rings. The Bertz CT molecular complexity index is 300. The van der Waals surface area contributed by atoms with Gasteiger partial charge in [-0.2, -0.15) is 0 Å². The normalized spacial score (nSPS) is 26.7. The summed E-state index contributed by atoms with van der Waals surface area (Å²) in [6.45, 7) is 7.12. The quantitative estimate of drug-likeness (QED) is 0.805. The van der Waals surface area contributed by atoms with E-state index in [9.17, 15) is 0 Å². The van der Waals surface area contributed by atoms with Crippen LogP contribution >= 0.6 is 0 Å². The molecule has 1 heterocycles. The molecule has 90 valence electrons. The van der Waals surface area contributed by atoms with Crippen LogP contribution < -0.4 is 5.43 Å². The summed E-state index contributed by atoms with van der Waals surface area (Å²) in [5.74, 6) is 0.898. The van der Waals surface area contributed by atoms with E-state index in [1.807, 2.05) is 0 Å². The van der Waals surface area contributed by atoms with E-state index in [0.29, 0.717) is 11.5 Å². The number of aromatic nitrogens is 1. The van der Waals surface area contributed by atoms with Crippen LogP contribution in [0.2, 0.25) is 0 Å². The molecule has 2 heteroatoms. The zero-order valence-electron chi connectivity index (χ0n) is 10.7. The number of nitrogens with zero attached hydrogens (tertiary/aromatic N) is 1. The van der Waals surface area contributed by atoms with Crippen molar-refractivity contribution in [2.24, 2.45) is 11.3 Å². The topological polar surface area (TPSA) is 17.0 Å². The van der Waals surface area contributed by atoms with E-state index < -0.39 is 0 Å². The van der Waals surface area contributed by atoms with Gasteiger partial charge in [-0.05, 0) is 49.1 Å². The van der Waals surface area contributed by atoms with Crippen molar-refractivity contribution >= 4 is 0 Å². The molecule has 0 radical (unpaired) electrons. The maximum atomic E-state index is 3.55. The highest BCUT2D eigenvalue weighted by Crippen LogP contribution is 2.37. The second-order valence-corrected chi connectivity index (χ2v) is 6.13. The van der Waals surface area contributed by atoms with Gasteiger partial charge in [0.1, 0.15) is 0 Å². The lowest BCUT2D eigenvalue weighted by Crippen LogP contribution is -2.34.